The molecule has 1 aromatic rings. The minimum Gasteiger partial charge on any atom is -0.349 e. The van der Waals surface area contributed by atoms with E-state index in [-0.39, 0.29) is 17.5 Å². The number of amides is 1. The van der Waals surface area contributed by atoms with E-state index in [9.17, 15) is 9.18 Å². The molecule has 1 aromatic carbocycles. The van der Waals surface area contributed by atoms with E-state index in [2.05, 4.69) is 12.2 Å². The molecule has 1 unspecified atom stereocenters. The molecule has 0 spiro atoms. The average Bonchev–Trinajstić information content (AvgIpc) is 2.48. The molecular formula is C17H24FNO. The molecule has 0 radical (unpaired) electrons. The van der Waals surface area contributed by atoms with Crippen LogP contribution in [0.2, 0.25) is 0 Å². The summed E-state index contributed by atoms with van der Waals surface area (Å²) in [6.45, 7) is 3.77. The van der Waals surface area contributed by atoms with E-state index >= 15 is 0 Å². The number of halogens is 1. The highest BCUT2D eigenvalue weighted by molar-refractivity contribution is 5.94. The van der Waals surface area contributed by atoms with Gasteiger partial charge in [0.05, 0.1) is 5.56 Å². The van der Waals surface area contributed by atoms with Crippen LogP contribution in [0.25, 0.3) is 0 Å². The highest BCUT2D eigenvalue weighted by Crippen LogP contribution is 2.28. The van der Waals surface area contributed by atoms with Gasteiger partial charge in [-0.2, -0.15) is 0 Å². The number of benzene rings is 1. The zero-order valence-corrected chi connectivity index (χ0v) is 12.4. The Labute approximate surface area is 120 Å². The lowest BCUT2D eigenvalue weighted by molar-refractivity contribution is 0.0907. The summed E-state index contributed by atoms with van der Waals surface area (Å²) in [5.41, 5.74) is 0.683. The minimum atomic E-state index is -0.400. The van der Waals surface area contributed by atoms with Crippen molar-refractivity contribution in [3.05, 3.63) is 35.1 Å². The van der Waals surface area contributed by atoms with E-state index in [0.717, 1.165) is 6.42 Å². The second-order valence-corrected chi connectivity index (χ2v) is 5.82. The lowest BCUT2D eigenvalue weighted by Gasteiger charge is -2.30. The molecule has 1 aliphatic rings. The van der Waals surface area contributed by atoms with Crippen LogP contribution in [0.5, 0.6) is 0 Å². The minimum absolute atomic E-state index is 0.166. The van der Waals surface area contributed by atoms with Gasteiger partial charge in [-0.1, -0.05) is 38.3 Å². The summed E-state index contributed by atoms with van der Waals surface area (Å²) in [7, 11) is 0. The topological polar surface area (TPSA) is 29.1 Å². The van der Waals surface area contributed by atoms with Gasteiger partial charge in [0.25, 0.3) is 5.91 Å². The van der Waals surface area contributed by atoms with Crippen LogP contribution < -0.4 is 5.32 Å². The number of carbonyl (C=O) groups excluding carboxylic acids is 1. The average molecular weight is 277 g/mol. The maximum absolute atomic E-state index is 14.0. The zero-order chi connectivity index (χ0) is 14.5. The molecule has 0 saturated heterocycles. The smallest absolute Gasteiger partial charge is 0.254 e. The van der Waals surface area contributed by atoms with Gasteiger partial charge in [-0.15, -0.1) is 0 Å². The number of rotatable bonds is 4. The number of hydrogen-bond donors (Lipinski definition) is 1. The fourth-order valence-corrected chi connectivity index (χ4v) is 3.16. The first-order valence-electron chi connectivity index (χ1n) is 7.69. The Hall–Kier alpha value is -1.38. The third-order valence-corrected chi connectivity index (χ3v) is 4.41. The molecule has 1 N–H and O–H groups in total. The predicted octanol–water partition coefficient (Wildman–Crippen LogP) is 4.22. The number of nitrogens with one attached hydrogen (secondary N) is 1. The second-order valence-electron chi connectivity index (χ2n) is 5.82. The fourth-order valence-electron chi connectivity index (χ4n) is 3.16. The zero-order valence-electron chi connectivity index (χ0n) is 12.4. The molecule has 1 aliphatic carbocycles. The first kappa shape index (κ1) is 15.0. The van der Waals surface area contributed by atoms with Gasteiger partial charge in [0.2, 0.25) is 0 Å². The fraction of sp³-hybridized carbons (Fsp3) is 0.588. The van der Waals surface area contributed by atoms with Crippen molar-refractivity contribution in [3.63, 3.8) is 0 Å². The molecule has 1 atom stereocenters. The van der Waals surface area contributed by atoms with Crippen molar-refractivity contribution in [3.8, 4) is 0 Å². The molecule has 1 amide bonds. The number of carbonyl (C=O) groups is 1. The Morgan fingerprint density at radius 1 is 1.35 bits per heavy atom. The molecule has 1 fully saturated rings. The molecule has 3 heteroatoms. The van der Waals surface area contributed by atoms with E-state index in [0.29, 0.717) is 11.5 Å². The molecule has 0 bridgehead atoms. The largest absolute Gasteiger partial charge is 0.349 e. The van der Waals surface area contributed by atoms with Crippen LogP contribution >= 0.6 is 0 Å². The highest BCUT2D eigenvalue weighted by atomic mass is 19.1. The van der Waals surface area contributed by atoms with Crippen LogP contribution in [-0.2, 0) is 0 Å². The van der Waals surface area contributed by atoms with Crippen LogP contribution in [0.4, 0.5) is 4.39 Å². The van der Waals surface area contributed by atoms with Gasteiger partial charge in [-0.3, -0.25) is 4.79 Å². The van der Waals surface area contributed by atoms with E-state index in [4.69, 9.17) is 0 Å². The molecule has 1 saturated carbocycles. The van der Waals surface area contributed by atoms with E-state index < -0.39 is 5.82 Å². The van der Waals surface area contributed by atoms with Crippen LogP contribution in [0, 0.1) is 18.7 Å². The van der Waals surface area contributed by atoms with Crippen molar-refractivity contribution >= 4 is 5.91 Å². The van der Waals surface area contributed by atoms with Crippen LogP contribution in [0.3, 0.4) is 0 Å². The molecule has 0 aliphatic heterocycles. The molecular weight excluding hydrogens is 253 g/mol. The van der Waals surface area contributed by atoms with Gasteiger partial charge < -0.3 is 5.32 Å². The Bertz CT molecular complexity index is 466. The lowest BCUT2D eigenvalue weighted by Crippen LogP contribution is -2.41. The third-order valence-electron chi connectivity index (χ3n) is 4.41. The van der Waals surface area contributed by atoms with E-state index in [1.54, 1.807) is 25.1 Å². The first-order chi connectivity index (χ1) is 9.63. The van der Waals surface area contributed by atoms with E-state index in [1.165, 1.54) is 32.1 Å². The third kappa shape index (κ3) is 3.38. The van der Waals surface area contributed by atoms with Crippen molar-refractivity contribution in [2.45, 2.75) is 58.4 Å². The summed E-state index contributed by atoms with van der Waals surface area (Å²) in [6.07, 6.45) is 7.05. The highest BCUT2D eigenvalue weighted by Gasteiger charge is 2.25. The maximum atomic E-state index is 14.0. The number of hydrogen-bond acceptors (Lipinski definition) is 1. The van der Waals surface area contributed by atoms with Gasteiger partial charge in [0, 0.05) is 6.04 Å². The van der Waals surface area contributed by atoms with Gasteiger partial charge in [0.1, 0.15) is 5.82 Å². The summed E-state index contributed by atoms with van der Waals surface area (Å²) in [6, 6.07) is 5.15. The van der Waals surface area contributed by atoms with E-state index in [1.807, 2.05) is 0 Å². The Balaban J connectivity index is 2.06. The molecule has 2 nitrogen and oxygen atoms in total. The van der Waals surface area contributed by atoms with Gasteiger partial charge >= 0.3 is 0 Å². The molecule has 0 aromatic heterocycles. The summed E-state index contributed by atoms with van der Waals surface area (Å²) in [5, 5.41) is 3.04. The summed E-state index contributed by atoms with van der Waals surface area (Å²) in [5.74, 6) is -0.127. The Morgan fingerprint density at radius 3 is 2.70 bits per heavy atom. The summed E-state index contributed by atoms with van der Waals surface area (Å²) >= 11 is 0. The Morgan fingerprint density at radius 2 is 2.05 bits per heavy atom. The number of aryl methyl sites for hydroxylation is 1. The van der Waals surface area contributed by atoms with Crippen molar-refractivity contribution in [1.29, 1.82) is 0 Å². The molecule has 20 heavy (non-hydrogen) atoms. The Kier molecular flexibility index (Phi) is 5.16. The lowest BCUT2D eigenvalue weighted by atomic mass is 9.83. The first-order valence-corrected chi connectivity index (χ1v) is 7.69. The van der Waals surface area contributed by atoms with Crippen LogP contribution in [0.1, 0.15) is 61.4 Å². The monoisotopic (exact) mass is 277 g/mol. The van der Waals surface area contributed by atoms with Crippen molar-refractivity contribution in [1.82, 2.24) is 5.32 Å². The second kappa shape index (κ2) is 6.87. The molecule has 0 heterocycles. The molecule has 110 valence electrons. The summed E-state index contributed by atoms with van der Waals surface area (Å²) < 4.78 is 14.0. The van der Waals surface area contributed by atoms with Crippen molar-refractivity contribution in [2.24, 2.45) is 5.92 Å². The van der Waals surface area contributed by atoms with Crippen LogP contribution in [0.15, 0.2) is 18.2 Å². The standard InChI is InChI=1S/C17H24FNO/c1-3-15(13-9-5-4-6-10-13)19-17(20)14-11-7-8-12(2)16(14)18/h7-8,11,13,15H,3-6,9-10H2,1-2H3,(H,19,20). The SMILES string of the molecule is CCC(NC(=O)c1cccc(C)c1F)C1CCCCC1. The van der Waals surface area contributed by atoms with Gasteiger partial charge in [0.15, 0.2) is 0 Å². The maximum Gasteiger partial charge on any atom is 0.254 e. The van der Waals surface area contributed by atoms with Gasteiger partial charge in [-0.25, -0.2) is 4.39 Å². The van der Waals surface area contributed by atoms with Gasteiger partial charge in [-0.05, 0) is 43.7 Å². The van der Waals surface area contributed by atoms with Crippen molar-refractivity contribution in [2.75, 3.05) is 0 Å². The van der Waals surface area contributed by atoms with Crippen molar-refractivity contribution < 1.29 is 9.18 Å². The normalized spacial score (nSPS) is 17.8. The predicted molar refractivity (Wildman–Crippen MR) is 79.3 cm³/mol. The summed E-state index contributed by atoms with van der Waals surface area (Å²) in [4.78, 5) is 12.3. The molecule has 2 rings (SSSR count). The quantitative estimate of drug-likeness (QED) is 0.877. The van der Waals surface area contributed by atoms with Crippen LogP contribution in [-0.4, -0.2) is 11.9 Å².